The number of aliphatic hydroxyl groups is 2. The van der Waals surface area contributed by atoms with Gasteiger partial charge in [-0.15, -0.1) is 0 Å². The van der Waals surface area contributed by atoms with E-state index in [-0.39, 0.29) is 17.7 Å². The Bertz CT molecular complexity index is 958. The van der Waals surface area contributed by atoms with Gasteiger partial charge in [-0.25, -0.2) is 0 Å². The smallest absolute Gasteiger partial charge is 0.115 e. The number of likely N-dealkylation sites (tertiary alicyclic amines) is 1. The molecule has 1 saturated heterocycles. The van der Waals surface area contributed by atoms with Crippen molar-refractivity contribution in [2.24, 2.45) is 11.8 Å². The van der Waals surface area contributed by atoms with E-state index in [1.165, 1.54) is 18.4 Å². The van der Waals surface area contributed by atoms with E-state index >= 15 is 0 Å². The van der Waals surface area contributed by atoms with E-state index in [1.807, 2.05) is 30.3 Å². The number of hydrogen-bond donors (Lipinski definition) is 3. The van der Waals surface area contributed by atoms with Crippen LogP contribution >= 0.6 is 0 Å². The van der Waals surface area contributed by atoms with Crippen molar-refractivity contribution in [3.63, 3.8) is 0 Å². The Labute approximate surface area is 191 Å². The average Bonchev–Trinajstić information content (AvgIpc) is 3.59. The Hall–Kier alpha value is -1.88. The van der Waals surface area contributed by atoms with Crippen LogP contribution in [-0.4, -0.2) is 51.1 Å². The first-order valence-corrected chi connectivity index (χ1v) is 12.3. The highest BCUT2D eigenvalue weighted by Gasteiger charge is 2.63. The molecule has 4 heteroatoms. The third-order valence-electron chi connectivity index (χ3n) is 8.84. The van der Waals surface area contributed by atoms with Gasteiger partial charge in [-0.3, -0.25) is 4.90 Å². The van der Waals surface area contributed by atoms with Gasteiger partial charge in [0.05, 0.1) is 11.7 Å². The van der Waals surface area contributed by atoms with Gasteiger partial charge in [0.2, 0.25) is 0 Å². The van der Waals surface area contributed by atoms with E-state index in [1.54, 1.807) is 6.07 Å². The molecule has 0 amide bonds. The van der Waals surface area contributed by atoms with Gasteiger partial charge in [-0.05, 0) is 99.6 Å². The molecule has 2 aromatic carbocycles. The van der Waals surface area contributed by atoms with E-state index in [0.29, 0.717) is 12.8 Å². The van der Waals surface area contributed by atoms with Crippen LogP contribution < -0.4 is 0 Å². The van der Waals surface area contributed by atoms with Crippen molar-refractivity contribution in [2.75, 3.05) is 13.1 Å². The number of nitrogens with zero attached hydrogens (tertiary/aromatic N) is 1. The summed E-state index contributed by atoms with van der Waals surface area (Å²) in [6.45, 7) is 6.23. The maximum Gasteiger partial charge on any atom is 0.115 e. The summed E-state index contributed by atoms with van der Waals surface area (Å²) in [6.07, 6.45) is 4.79. The second kappa shape index (κ2) is 8.16. The largest absolute Gasteiger partial charge is 0.508 e. The monoisotopic (exact) mass is 435 g/mol. The summed E-state index contributed by atoms with van der Waals surface area (Å²) in [7, 11) is 0. The summed E-state index contributed by atoms with van der Waals surface area (Å²) in [5.74, 6) is 1.01. The van der Waals surface area contributed by atoms with E-state index in [2.05, 4.69) is 30.9 Å². The van der Waals surface area contributed by atoms with Gasteiger partial charge in [0.1, 0.15) is 5.75 Å². The third kappa shape index (κ3) is 3.67. The molecule has 5 rings (SSSR count). The quantitative estimate of drug-likeness (QED) is 0.659. The van der Waals surface area contributed by atoms with Crippen molar-refractivity contribution in [1.82, 2.24) is 4.90 Å². The Morgan fingerprint density at radius 3 is 2.53 bits per heavy atom. The predicted octanol–water partition coefficient (Wildman–Crippen LogP) is 4.19. The van der Waals surface area contributed by atoms with Gasteiger partial charge >= 0.3 is 0 Å². The van der Waals surface area contributed by atoms with Crippen LogP contribution in [0.1, 0.15) is 55.7 Å². The Balaban J connectivity index is 1.54. The Morgan fingerprint density at radius 1 is 1.06 bits per heavy atom. The van der Waals surface area contributed by atoms with Crippen LogP contribution in [0.5, 0.6) is 5.75 Å². The number of phenolic OH excluding ortho intramolecular Hbond substituents is 1. The lowest BCUT2D eigenvalue weighted by molar-refractivity contribution is -0.187. The molecule has 172 valence electrons. The molecule has 4 nitrogen and oxygen atoms in total. The molecule has 32 heavy (non-hydrogen) atoms. The van der Waals surface area contributed by atoms with Crippen LogP contribution in [0, 0.1) is 18.8 Å². The second-order valence-electron chi connectivity index (χ2n) is 10.8. The lowest BCUT2D eigenvalue weighted by atomic mass is 9.50. The summed E-state index contributed by atoms with van der Waals surface area (Å²) < 4.78 is 0. The number of aromatic hydroxyl groups is 1. The number of hydrogen-bond acceptors (Lipinski definition) is 4. The van der Waals surface area contributed by atoms with Crippen LogP contribution in [0.4, 0.5) is 0 Å². The molecule has 3 N–H and O–H groups in total. The lowest BCUT2D eigenvalue weighted by Crippen LogP contribution is -2.71. The molecule has 0 spiro atoms. The van der Waals surface area contributed by atoms with Crippen LogP contribution in [0.2, 0.25) is 0 Å². The average molecular weight is 436 g/mol. The molecule has 0 bridgehead atoms. The standard InChI is InChI=1S/C28H37NO3/c1-19-8-11-24(30)15-25(19)27-12-13-29(18-22-9-10-22)20(2)28(27,32)16-23(26(31)17-27)14-21-6-4-3-5-7-21/h3-8,11,15,20,22-23,26,30-32H,9-10,12-14,16-18H2,1-2H3/t20?,23-,26+,27+,28+/m0/s1. The molecular weight excluding hydrogens is 398 g/mol. The molecule has 1 aliphatic heterocycles. The number of fused-ring (bicyclic) bond motifs is 1. The highest BCUT2D eigenvalue weighted by Crippen LogP contribution is 2.57. The number of phenols is 1. The minimum atomic E-state index is -0.961. The minimum absolute atomic E-state index is 0.00405. The van der Waals surface area contributed by atoms with Crippen LogP contribution in [0.3, 0.4) is 0 Å². The van der Waals surface area contributed by atoms with Crippen LogP contribution in [-0.2, 0) is 11.8 Å². The first kappa shape index (κ1) is 21.9. The number of benzene rings is 2. The molecule has 2 saturated carbocycles. The normalized spacial score (nSPS) is 35.4. The number of aliphatic hydroxyl groups excluding tert-OH is 1. The molecular formula is C28H37NO3. The van der Waals surface area contributed by atoms with E-state index in [4.69, 9.17) is 0 Å². The van der Waals surface area contributed by atoms with Gasteiger partial charge in [0.15, 0.2) is 0 Å². The highest BCUT2D eigenvalue weighted by molar-refractivity contribution is 5.44. The van der Waals surface area contributed by atoms with Gasteiger partial charge in [-0.2, -0.15) is 0 Å². The SMILES string of the molecule is Cc1ccc(O)cc1[C@]12CCN(CC3CC3)C(C)[C@]1(O)C[C@H](Cc1ccccc1)[C@H](O)C2. The van der Waals surface area contributed by atoms with Crippen molar-refractivity contribution >= 4 is 0 Å². The number of rotatable bonds is 5. The topological polar surface area (TPSA) is 63.9 Å². The van der Waals surface area contributed by atoms with Crippen molar-refractivity contribution < 1.29 is 15.3 Å². The molecule has 2 aliphatic carbocycles. The molecule has 2 aromatic rings. The molecule has 5 atom stereocenters. The zero-order valence-electron chi connectivity index (χ0n) is 19.4. The minimum Gasteiger partial charge on any atom is -0.508 e. The molecule has 3 fully saturated rings. The molecule has 3 aliphatic rings. The number of piperidine rings is 1. The van der Waals surface area contributed by atoms with Gasteiger partial charge in [0.25, 0.3) is 0 Å². The third-order valence-corrected chi connectivity index (χ3v) is 8.84. The van der Waals surface area contributed by atoms with E-state index in [0.717, 1.165) is 43.0 Å². The van der Waals surface area contributed by atoms with Crippen molar-refractivity contribution in [2.45, 2.75) is 75.5 Å². The first-order valence-electron chi connectivity index (χ1n) is 12.3. The fraction of sp³-hybridized carbons (Fsp3) is 0.571. The molecule has 1 unspecified atom stereocenters. The van der Waals surface area contributed by atoms with Gasteiger partial charge < -0.3 is 15.3 Å². The zero-order valence-corrected chi connectivity index (χ0v) is 19.4. The molecule has 1 heterocycles. The van der Waals surface area contributed by atoms with Crippen LogP contribution in [0.15, 0.2) is 48.5 Å². The fourth-order valence-corrected chi connectivity index (χ4v) is 6.76. The first-order chi connectivity index (χ1) is 15.3. The maximum absolute atomic E-state index is 12.6. The summed E-state index contributed by atoms with van der Waals surface area (Å²) in [5, 5.41) is 34.3. The maximum atomic E-state index is 12.6. The highest BCUT2D eigenvalue weighted by atomic mass is 16.3. The Morgan fingerprint density at radius 2 is 1.81 bits per heavy atom. The van der Waals surface area contributed by atoms with Crippen molar-refractivity contribution in [3.05, 3.63) is 65.2 Å². The zero-order chi connectivity index (χ0) is 22.5. The summed E-state index contributed by atoms with van der Waals surface area (Å²) in [6, 6.07) is 15.8. The molecule has 0 radical (unpaired) electrons. The fourth-order valence-electron chi connectivity index (χ4n) is 6.76. The summed E-state index contributed by atoms with van der Waals surface area (Å²) in [5.41, 5.74) is 1.78. The lowest BCUT2D eigenvalue weighted by Gasteiger charge is -2.62. The summed E-state index contributed by atoms with van der Waals surface area (Å²) >= 11 is 0. The van der Waals surface area contributed by atoms with Crippen LogP contribution in [0.25, 0.3) is 0 Å². The van der Waals surface area contributed by atoms with Crippen molar-refractivity contribution in [1.29, 1.82) is 0 Å². The second-order valence-corrected chi connectivity index (χ2v) is 10.8. The molecule has 0 aromatic heterocycles. The van der Waals surface area contributed by atoms with Gasteiger partial charge in [-0.1, -0.05) is 36.4 Å². The Kier molecular flexibility index (Phi) is 5.59. The van der Waals surface area contributed by atoms with E-state index in [9.17, 15) is 15.3 Å². The number of aryl methyl sites for hydroxylation is 1. The van der Waals surface area contributed by atoms with E-state index < -0.39 is 17.1 Å². The van der Waals surface area contributed by atoms with Crippen molar-refractivity contribution in [3.8, 4) is 5.75 Å². The predicted molar refractivity (Wildman–Crippen MR) is 127 cm³/mol. The summed E-state index contributed by atoms with van der Waals surface area (Å²) in [4.78, 5) is 2.49. The van der Waals surface area contributed by atoms with Gasteiger partial charge in [0, 0.05) is 18.0 Å².